The van der Waals surface area contributed by atoms with Gasteiger partial charge in [0.1, 0.15) is 6.04 Å². The van der Waals surface area contributed by atoms with Gasteiger partial charge in [0.05, 0.1) is 5.88 Å². The van der Waals surface area contributed by atoms with Crippen LogP contribution in [0.2, 0.25) is 5.02 Å². The number of carbonyl (C=O) groups is 2. The van der Waals surface area contributed by atoms with Crippen LogP contribution in [0.1, 0.15) is 16.8 Å². The molecule has 148 valence electrons. The van der Waals surface area contributed by atoms with Crippen molar-refractivity contribution < 1.29 is 9.59 Å². The van der Waals surface area contributed by atoms with Crippen molar-refractivity contribution >= 4 is 35.2 Å². The van der Waals surface area contributed by atoms with Crippen LogP contribution in [-0.4, -0.2) is 90.5 Å². The third-order valence-corrected chi connectivity index (χ3v) is 6.35. The number of benzene rings is 1. The molecule has 2 aliphatic heterocycles. The molecule has 0 bridgehead atoms. The number of hydrogen-bond acceptors (Lipinski definition) is 5. The highest BCUT2D eigenvalue weighted by molar-refractivity contribution is 7.99. The normalized spacial score (nSPS) is 21.4. The fourth-order valence-corrected chi connectivity index (χ4v) is 4.60. The second-order valence-corrected chi connectivity index (χ2v) is 8.52. The van der Waals surface area contributed by atoms with Crippen molar-refractivity contribution in [1.29, 1.82) is 0 Å². The van der Waals surface area contributed by atoms with Crippen molar-refractivity contribution in [2.24, 2.45) is 0 Å². The van der Waals surface area contributed by atoms with Crippen LogP contribution >= 0.6 is 23.4 Å². The van der Waals surface area contributed by atoms with Gasteiger partial charge in [-0.1, -0.05) is 11.6 Å². The Bertz CT molecular complexity index is 650. The highest BCUT2D eigenvalue weighted by atomic mass is 35.5. The molecule has 27 heavy (non-hydrogen) atoms. The summed E-state index contributed by atoms with van der Waals surface area (Å²) in [6.45, 7) is 6.04. The van der Waals surface area contributed by atoms with Crippen LogP contribution in [0.4, 0.5) is 0 Å². The Kier molecular flexibility index (Phi) is 7.41. The minimum atomic E-state index is -0.401. The van der Waals surface area contributed by atoms with Crippen LogP contribution in [0.25, 0.3) is 0 Å². The van der Waals surface area contributed by atoms with Gasteiger partial charge in [0.15, 0.2) is 0 Å². The van der Waals surface area contributed by atoms with Crippen molar-refractivity contribution in [3.05, 3.63) is 34.9 Å². The predicted octanol–water partition coefficient (Wildman–Crippen LogP) is 1.61. The van der Waals surface area contributed by atoms with E-state index in [0.29, 0.717) is 28.8 Å². The molecule has 2 fully saturated rings. The maximum atomic E-state index is 12.7. The minimum absolute atomic E-state index is 0.0549. The van der Waals surface area contributed by atoms with E-state index in [1.54, 1.807) is 40.9 Å². The Labute approximate surface area is 170 Å². The predicted molar refractivity (Wildman–Crippen MR) is 110 cm³/mol. The van der Waals surface area contributed by atoms with E-state index in [0.717, 1.165) is 39.1 Å². The van der Waals surface area contributed by atoms with Crippen molar-refractivity contribution in [2.45, 2.75) is 12.5 Å². The zero-order valence-corrected chi connectivity index (χ0v) is 17.3. The topological polar surface area (TPSA) is 55.9 Å². The summed E-state index contributed by atoms with van der Waals surface area (Å²) in [6, 6.07) is 6.41. The van der Waals surface area contributed by atoms with Crippen LogP contribution in [0.3, 0.4) is 0 Å². The molecule has 0 radical (unpaired) electrons. The second-order valence-electron chi connectivity index (χ2n) is 7.09. The number of nitrogens with zero attached hydrogens (tertiary/aromatic N) is 3. The summed E-state index contributed by atoms with van der Waals surface area (Å²) in [7, 11) is 2.15. The summed E-state index contributed by atoms with van der Waals surface area (Å²) < 4.78 is 0. The molecule has 8 heteroatoms. The average molecular weight is 411 g/mol. The molecule has 1 unspecified atom stereocenters. The Hall–Kier alpha value is -1.28. The number of halogens is 1. The highest BCUT2D eigenvalue weighted by Gasteiger charge is 2.34. The molecule has 0 spiro atoms. The van der Waals surface area contributed by atoms with Gasteiger partial charge >= 0.3 is 0 Å². The smallest absolute Gasteiger partial charge is 0.255 e. The second kappa shape index (κ2) is 9.78. The molecule has 2 heterocycles. The molecule has 1 N–H and O–H groups in total. The summed E-state index contributed by atoms with van der Waals surface area (Å²) in [5.74, 6) is 1.01. The number of hydrogen-bond donors (Lipinski definition) is 1. The summed E-state index contributed by atoms with van der Waals surface area (Å²) in [5.41, 5.74) is 0.565. The Balaban J connectivity index is 1.44. The first-order valence-corrected chi connectivity index (χ1v) is 10.9. The maximum absolute atomic E-state index is 12.7. The quantitative estimate of drug-likeness (QED) is 0.722. The van der Waals surface area contributed by atoms with Gasteiger partial charge in [-0.25, -0.2) is 0 Å². The van der Waals surface area contributed by atoms with E-state index in [4.69, 9.17) is 11.6 Å². The number of amides is 2. The lowest BCUT2D eigenvalue weighted by Crippen LogP contribution is -2.48. The zero-order chi connectivity index (χ0) is 19.2. The van der Waals surface area contributed by atoms with E-state index in [2.05, 4.69) is 22.2 Å². The van der Waals surface area contributed by atoms with E-state index in [9.17, 15) is 9.59 Å². The van der Waals surface area contributed by atoms with Gasteiger partial charge in [-0.3, -0.25) is 9.59 Å². The molecular formula is C19H27ClN4O2S. The molecule has 2 saturated heterocycles. The third-order valence-electron chi connectivity index (χ3n) is 5.08. The van der Waals surface area contributed by atoms with Crippen molar-refractivity contribution in [2.75, 3.05) is 57.9 Å². The lowest BCUT2D eigenvalue weighted by Gasteiger charge is -2.32. The summed E-state index contributed by atoms with van der Waals surface area (Å²) in [5, 5.41) is 3.61. The van der Waals surface area contributed by atoms with Gasteiger partial charge < -0.3 is 20.0 Å². The number of piperazine rings is 1. The number of likely N-dealkylation sites (N-methyl/N-ethyl adjacent to an activating group) is 1. The van der Waals surface area contributed by atoms with Crippen LogP contribution in [0, 0.1) is 0 Å². The molecule has 0 aromatic heterocycles. The Morgan fingerprint density at radius 3 is 2.59 bits per heavy atom. The van der Waals surface area contributed by atoms with Crippen molar-refractivity contribution in [3.63, 3.8) is 0 Å². The molecule has 6 nitrogen and oxygen atoms in total. The fraction of sp³-hybridized carbons (Fsp3) is 0.579. The first-order chi connectivity index (χ1) is 13.0. The molecule has 1 aromatic carbocycles. The minimum Gasteiger partial charge on any atom is -0.354 e. The first-order valence-electron chi connectivity index (χ1n) is 9.37. The average Bonchev–Trinajstić information content (AvgIpc) is 3.16. The van der Waals surface area contributed by atoms with Gasteiger partial charge in [0.2, 0.25) is 5.91 Å². The molecule has 0 saturated carbocycles. The molecule has 2 amide bonds. The van der Waals surface area contributed by atoms with E-state index in [1.165, 1.54) is 0 Å². The standard InChI is InChI=1S/C19H27ClN4O2S/c1-22-9-11-23(12-10-22)8-2-7-21-18(25)17-13-27-14-24(17)19(26)15-3-5-16(20)6-4-15/h3-6,17H,2,7-14H2,1H3,(H,21,25). The SMILES string of the molecule is CN1CCN(CCCNC(=O)C2CSCN2C(=O)c2ccc(Cl)cc2)CC1. The molecule has 3 rings (SSSR count). The lowest BCUT2D eigenvalue weighted by molar-refractivity contribution is -0.124. The number of rotatable bonds is 6. The summed E-state index contributed by atoms with van der Waals surface area (Å²) in [4.78, 5) is 31.7. The van der Waals surface area contributed by atoms with Crippen LogP contribution in [0.5, 0.6) is 0 Å². The zero-order valence-electron chi connectivity index (χ0n) is 15.7. The monoisotopic (exact) mass is 410 g/mol. The van der Waals surface area contributed by atoms with E-state index in [-0.39, 0.29) is 11.8 Å². The van der Waals surface area contributed by atoms with Crippen LogP contribution in [-0.2, 0) is 4.79 Å². The summed E-state index contributed by atoms with van der Waals surface area (Å²) in [6.07, 6.45) is 0.931. The number of nitrogens with one attached hydrogen (secondary N) is 1. The van der Waals surface area contributed by atoms with Crippen molar-refractivity contribution in [3.8, 4) is 0 Å². The molecule has 0 aliphatic carbocycles. The molecule has 1 atom stereocenters. The van der Waals surface area contributed by atoms with Gasteiger partial charge in [-0.2, -0.15) is 0 Å². The fourth-order valence-electron chi connectivity index (χ4n) is 3.32. The largest absolute Gasteiger partial charge is 0.354 e. The van der Waals surface area contributed by atoms with Crippen molar-refractivity contribution in [1.82, 2.24) is 20.0 Å². The summed E-state index contributed by atoms with van der Waals surface area (Å²) >= 11 is 7.50. The van der Waals surface area contributed by atoms with Gasteiger partial charge in [0.25, 0.3) is 5.91 Å². The van der Waals surface area contributed by atoms with E-state index >= 15 is 0 Å². The van der Waals surface area contributed by atoms with Gasteiger partial charge in [-0.15, -0.1) is 11.8 Å². The Morgan fingerprint density at radius 1 is 1.19 bits per heavy atom. The highest BCUT2D eigenvalue weighted by Crippen LogP contribution is 2.24. The van der Waals surface area contributed by atoms with Crippen LogP contribution in [0.15, 0.2) is 24.3 Å². The lowest BCUT2D eigenvalue weighted by atomic mass is 10.1. The van der Waals surface area contributed by atoms with Gasteiger partial charge in [0, 0.05) is 49.1 Å². The molecule has 1 aromatic rings. The van der Waals surface area contributed by atoms with Crippen LogP contribution < -0.4 is 5.32 Å². The maximum Gasteiger partial charge on any atom is 0.255 e. The number of thioether (sulfide) groups is 1. The molecular weight excluding hydrogens is 384 g/mol. The third kappa shape index (κ3) is 5.60. The van der Waals surface area contributed by atoms with E-state index < -0.39 is 6.04 Å². The Morgan fingerprint density at radius 2 is 1.89 bits per heavy atom. The number of carbonyl (C=O) groups excluding carboxylic acids is 2. The molecule has 2 aliphatic rings. The van der Waals surface area contributed by atoms with Gasteiger partial charge in [-0.05, 0) is 44.3 Å². The first kappa shape index (κ1) is 20.5. The van der Waals surface area contributed by atoms with E-state index in [1.807, 2.05) is 0 Å².